The van der Waals surface area contributed by atoms with Gasteiger partial charge in [0.05, 0.1) is 12.8 Å². The van der Waals surface area contributed by atoms with Crippen LogP contribution < -0.4 is 14.4 Å². The van der Waals surface area contributed by atoms with Crippen molar-refractivity contribution in [3.8, 4) is 5.75 Å². The van der Waals surface area contributed by atoms with E-state index in [0.29, 0.717) is 11.4 Å². The van der Waals surface area contributed by atoms with E-state index >= 15 is 0 Å². The molecule has 0 spiro atoms. The Kier molecular flexibility index (Phi) is 6.81. The second-order valence-corrected chi connectivity index (χ2v) is 8.33. The molecule has 0 unspecified atom stereocenters. The number of nitrogens with one attached hydrogen (secondary N) is 1. The lowest BCUT2D eigenvalue weighted by Gasteiger charge is -2.27. The van der Waals surface area contributed by atoms with Crippen LogP contribution in [0.3, 0.4) is 0 Å². The SMILES string of the molecule is COc1cccc(CNC(=O)CN(c2ccc(C)cc2)S(=O)(=O)N(C)C)c1. The van der Waals surface area contributed by atoms with Crippen molar-refractivity contribution in [3.05, 3.63) is 59.7 Å². The van der Waals surface area contributed by atoms with Gasteiger partial charge in [-0.05, 0) is 36.8 Å². The number of amides is 1. The van der Waals surface area contributed by atoms with Crippen LogP contribution in [0.2, 0.25) is 0 Å². The van der Waals surface area contributed by atoms with E-state index in [4.69, 9.17) is 4.74 Å². The Labute approximate surface area is 160 Å². The zero-order valence-electron chi connectivity index (χ0n) is 16.0. The molecule has 27 heavy (non-hydrogen) atoms. The molecule has 1 N–H and O–H groups in total. The Hall–Kier alpha value is -2.58. The number of carbonyl (C=O) groups is 1. The molecule has 1 amide bonds. The summed E-state index contributed by atoms with van der Waals surface area (Å²) >= 11 is 0. The van der Waals surface area contributed by atoms with Crippen LogP contribution >= 0.6 is 0 Å². The van der Waals surface area contributed by atoms with Crippen LogP contribution in [0, 0.1) is 6.92 Å². The Morgan fingerprint density at radius 3 is 2.37 bits per heavy atom. The first-order chi connectivity index (χ1) is 12.7. The van der Waals surface area contributed by atoms with E-state index < -0.39 is 16.1 Å². The summed E-state index contributed by atoms with van der Waals surface area (Å²) in [7, 11) is 0.635. The zero-order valence-corrected chi connectivity index (χ0v) is 16.8. The largest absolute Gasteiger partial charge is 0.497 e. The highest BCUT2D eigenvalue weighted by Crippen LogP contribution is 2.20. The van der Waals surface area contributed by atoms with Gasteiger partial charge in [0.2, 0.25) is 5.91 Å². The maximum Gasteiger partial charge on any atom is 0.304 e. The number of aryl methyl sites for hydroxylation is 1. The zero-order chi connectivity index (χ0) is 20.0. The van der Waals surface area contributed by atoms with E-state index in [1.807, 2.05) is 43.3 Å². The third kappa shape index (κ3) is 5.45. The molecule has 146 valence electrons. The summed E-state index contributed by atoms with van der Waals surface area (Å²) < 4.78 is 32.7. The van der Waals surface area contributed by atoms with Crippen LogP contribution in [0.25, 0.3) is 0 Å². The van der Waals surface area contributed by atoms with Crippen LogP contribution in [0.5, 0.6) is 5.75 Å². The topological polar surface area (TPSA) is 79.0 Å². The van der Waals surface area contributed by atoms with Gasteiger partial charge in [-0.1, -0.05) is 29.8 Å². The highest BCUT2D eigenvalue weighted by molar-refractivity contribution is 7.90. The number of methoxy groups -OCH3 is 1. The number of benzene rings is 2. The first kappa shape index (κ1) is 20.7. The minimum absolute atomic E-state index is 0.278. The summed E-state index contributed by atoms with van der Waals surface area (Å²) in [6, 6.07) is 14.3. The summed E-state index contributed by atoms with van der Waals surface area (Å²) in [6.07, 6.45) is 0. The lowest BCUT2D eigenvalue weighted by Crippen LogP contribution is -2.45. The number of hydrogen-bond acceptors (Lipinski definition) is 4. The quantitative estimate of drug-likeness (QED) is 0.746. The Balaban J connectivity index is 2.14. The molecule has 0 aliphatic heterocycles. The van der Waals surface area contributed by atoms with Crippen molar-refractivity contribution in [2.45, 2.75) is 13.5 Å². The summed E-state index contributed by atoms with van der Waals surface area (Å²) in [4.78, 5) is 12.4. The second-order valence-electron chi connectivity index (χ2n) is 6.26. The number of carbonyl (C=O) groups excluding carboxylic acids is 1. The maximum atomic E-state index is 12.7. The van der Waals surface area contributed by atoms with Gasteiger partial charge in [-0.2, -0.15) is 12.7 Å². The van der Waals surface area contributed by atoms with Crippen LogP contribution in [0.15, 0.2) is 48.5 Å². The number of nitrogens with zero attached hydrogens (tertiary/aromatic N) is 2. The molecule has 0 radical (unpaired) electrons. The van der Waals surface area contributed by atoms with Crippen LogP contribution in [-0.4, -0.2) is 46.4 Å². The van der Waals surface area contributed by atoms with Gasteiger partial charge in [0.25, 0.3) is 0 Å². The maximum absolute atomic E-state index is 12.7. The van der Waals surface area contributed by atoms with E-state index in [0.717, 1.165) is 19.7 Å². The van der Waals surface area contributed by atoms with Gasteiger partial charge >= 0.3 is 10.2 Å². The van der Waals surface area contributed by atoms with Crippen molar-refractivity contribution < 1.29 is 17.9 Å². The van der Waals surface area contributed by atoms with E-state index in [2.05, 4.69) is 5.32 Å². The molecule has 0 atom stereocenters. The van der Waals surface area contributed by atoms with E-state index in [1.54, 1.807) is 19.2 Å². The predicted molar refractivity (Wildman–Crippen MR) is 106 cm³/mol. The van der Waals surface area contributed by atoms with Crippen LogP contribution in [-0.2, 0) is 21.5 Å². The van der Waals surface area contributed by atoms with Gasteiger partial charge in [-0.15, -0.1) is 0 Å². The molecular formula is C19H25N3O4S. The summed E-state index contributed by atoms with van der Waals surface area (Å²) in [5.74, 6) is 0.294. The monoisotopic (exact) mass is 391 g/mol. The first-order valence-electron chi connectivity index (χ1n) is 8.40. The molecule has 0 saturated carbocycles. The molecule has 0 heterocycles. The number of rotatable bonds is 8. The summed E-state index contributed by atoms with van der Waals surface area (Å²) in [5.41, 5.74) is 2.30. The van der Waals surface area contributed by atoms with Gasteiger partial charge in [-0.25, -0.2) is 4.31 Å². The second kappa shape index (κ2) is 8.88. The molecule has 0 aliphatic rings. The van der Waals surface area contributed by atoms with E-state index in [-0.39, 0.29) is 13.1 Å². The molecule has 0 bridgehead atoms. The van der Waals surface area contributed by atoms with Crippen molar-refractivity contribution >= 4 is 21.8 Å². The highest BCUT2D eigenvalue weighted by Gasteiger charge is 2.27. The van der Waals surface area contributed by atoms with Gasteiger partial charge in [0.15, 0.2) is 0 Å². The molecule has 0 fully saturated rings. The Morgan fingerprint density at radius 1 is 1.11 bits per heavy atom. The number of hydrogen-bond donors (Lipinski definition) is 1. The van der Waals surface area contributed by atoms with Gasteiger partial charge in [0.1, 0.15) is 12.3 Å². The third-order valence-electron chi connectivity index (χ3n) is 3.97. The highest BCUT2D eigenvalue weighted by atomic mass is 32.2. The fraction of sp³-hybridized carbons (Fsp3) is 0.316. The van der Waals surface area contributed by atoms with Crippen LogP contribution in [0.1, 0.15) is 11.1 Å². The molecule has 0 saturated heterocycles. The lowest BCUT2D eigenvalue weighted by atomic mass is 10.2. The van der Waals surface area contributed by atoms with E-state index in [1.165, 1.54) is 14.1 Å². The van der Waals surface area contributed by atoms with Crippen molar-refractivity contribution in [1.82, 2.24) is 9.62 Å². The smallest absolute Gasteiger partial charge is 0.304 e. The molecule has 0 aliphatic carbocycles. The first-order valence-corrected chi connectivity index (χ1v) is 9.80. The molecule has 2 aromatic carbocycles. The fourth-order valence-corrected chi connectivity index (χ4v) is 3.45. The van der Waals surface area contributed by atoms with Crippen molar-refractivity contribution in [3.63, 3.8) is 0 Å². The molecule has 8 heteroatoms. The minimum Gasteiger partial charge on any atom is -0.497 e. The lowest BCUT2D eigenvalue weighted by molar-refractivity contribution is -0.119. The Bertz CT molecular complexity index is 880. The third-order valence-corrected chi connectivity index (χ3v) is 5.79. The summed E-state index contributed by atoms with van der Waals surface area (Å²) in [5, 5.41) is 2.75. The van der Waals surface area contributed by atoms with Crippen molar-refractivity contribution in [2.75, 3.05) is 32.1 Å². The number of ether oxygens (including phenoxy) is 1. The standard InChI is InChI=1S/C19H25N3O4S/c1-15-8-10-17(11-9-15)22(27(24,25)21(2)3)14-19(23)20-13-16-6-5-7-18(12-16)26-4/h5-12H,13-14H2,1-4H3,(H,20,23). The van der Waals surface area contributed by atoms with Crippen molar-refractivity contribution in [2.24, 2.45) is 0 Å². The van der Waals surface area contributed by atoms with E-state index in [9.17, 15) is 13.2 Å². The average molecular weight is 391 g/mol. The Morgan fingerprint density at radius 2 is 1.78 bits per heavy atom. The van der Waals surface area contributed by atoms with Gasteiger partial charge in [0, 0.05) is 20.6 Å². The molecule has 0 aromatic heterocycles. The minimum atomic E-state index is -3.81. The molecule has 2 rings (SSSR count). The summed E-state index contributed by atoms with van der Waals surface area (Å²) in [6.45, 7) is 1.88. The molecule has 2 aromatic rings. The normalized spacial score (nSPS) is 11.3. The van der Waals surface area contributed by atoms with Gasteiger partial charge < -0.3 is 10.1 Å². The molecule has 7 nitrogen and oxygen atoms in total. The predicted octanol–water partition coefficient (Wildman–Crippen LogP) is 1.93. The fourth-order valence-electron chi connectivity index (χ4n) is 2.38. The number of anilines is 1. The average Bonchev–Trinajstić information content (AvgIpc) is 2.65. The van der Waals surface area contributed by atoms with Crippen molar-refractivity contribution in [1.29, 1.82) is 0 Å². The van der Waals surface area contributed by atoms with Gasteiger partial charge in [-0.3, -0.25) is 4.79 Å². The molecular weight excluding hydrogens is 366 g/mol. The van der Waals surface area contributed by atoms with Crippen LogP contribution in [0.4, 0.5) is 5.69 Å².